The third-order valence-corrected chi connectivity index (χ3v) is 4.92. The maximum Gasteiger partial charge on any atom is 0.246 e. The van der Waals surface area contributed by atoms with Gasteiger partial charge in [-0.25, -0.2) is 0 Å². The Bertz CT molecular complexity index is 388. The van der Waals surface area contributed by atoms with Crippen LogP contribution in [0.3, 0.4) is 0 Å². The van der Waals surface area contributed by atoms with E-state index in [4.69, 9.17) is 0 Å². The summed E-state index contributed by atoms with van der Waals surface area (Å²) >= 11 is 0. The quantitative estimate of drug-likeness (QED) is 0.819. The van der Waals surface area contributed by atoms with Crippen molar-refractivity contribution >= 4 is 11.8 Å². The molecule has 0 aromatic rings. The first kappa shape index (κ1) is 12.9. The van der Waals surface area contributed by atoms with Crippen molar-refractivity contribution in [1.29, 1.82) is 0 Å². The van der Waals surface area contributed by atoms with Crippen LogP contribution in [0, 0.1) is 17.8 Å². The van der Waals surface area contributed by atoms with Gasteiger partial charge in [0, 0.05) is 6.54 Å². The van der Waals surface area contributed by atoms with E-state index in [0.717, 1.165) is 25.3 Å². The van der Waals surface area contributed by atoms with Crippen LogP contribution in [-0.4, -0.2) is 35.3 Å². The molecule has 0 aromatic carbocycles. The lowest BCUT2D eigenvalue weighted by Crippen LogP contribution is -2.64. The molecule has 4 nitrogen and oxygen atoms in total. The van der Waals surface area contributed by atoms with Gasteiger partial charge in [0.1, 0.15) is 12.1 Å². The number of amides is 2. The van der Waals surface area contributed by atoms with Gasteiger partial charge in [0.05, 0.1) is 0 Å². The van der Waals surface area contributed by atoms with Gasteiger partial charge < -0.3 is 10.2 Å². The molecule has 3 atom stereocenters. The number of hydrogen-bond acceptors (Lipinski definition) is 2. The predicted octanol–water partition coefficient (Wildman–Crippen LogP) is 1.55. The van der Waals surface area contributed by atoms with Crippen LogP contribution in [-0.2, 0) is 9.59 Å². The zero-order chi connectivity index (χ0) is 13.6. The van der Waals surface area contributed by atoms with E-state index in [-0.39, 0.29) is 23.9 Å². The molecule has 1 heterocycles. The zero-order valence-corrected chi connectivity index (χ0v) is 11.9. The first-order valence-electron chi connectivity index (χ1n) is 7.72. The van der Waals surface area contributed by atoms with E-state index in [1.807, 2.05) is 11.8 Å². The van der Waals surface area contributed by atoms with Crippen molar-refractivity contribution in [3.63, 3.8) is 0 Å². The van der Waals surface area contributed by atoms with Gasteiger partial charge >= 0.3 is 0 Å². The molecule has 106 valence electrons. The van der Waals surface area contributed by atoms with Crippen LogP contribution >= 0.6 is 0 Å². The summed E-state index contributed by atoms with van der Waals surface area (Å²) in [4.78, 5) is 26.7. The number of hydrogen-bond donors (Lipinski definition) is 1. The van der Waals surface area contributed by atoms with Gasteiger partial charge in [-0.05, 0) is 49.9 Å². The molecule has 0 radical (unpaired) electrons. The Hall–Kier alpha value is -1.06. The summed E-state index contributed by atoms with van der Waals surface area (Å²) in [6.07, 6.45) is 5.46. The highest BCUT2D eigenvalue weighted by Crippen LogP contribution is 2.39. The largest absolute Gasteiger partial charge is 0.342 e. The molecule has 0 spiro atoms. The van der Waals surface area contributed by atoms with Gasteiger partial charge in [-0.1, -0.05) is 13.8 Å². The van der Waals surface area contributed by atoms with Crippen LogP contribution in [0.15, 0.2) is 0 Å². The van der Waals surface area contributed by atoms with Crippen molar-refractivity contribution in [2.24, 2.45) is 17.8 Å². The molecule has 19 heavy (non-hydrogen) atoms. The Morgan fingerprint density at radius 3 is 2.47 bits per heavy atom. The number of carbonyl (C=O) groups is 2. The summed E-state index contributed by atoms with van der Waals surface area (Å²) in [5, 5.41) is 2.95. The molecule has 1 aliphatic heterocycles. The van der Waals surface area contributed by atoms with E-state index in [2.05, 4.69) is 12.2 Å². The topological polar surface area (TPSA) is 49.4 Å². The number of nitrogens with one attached hydrogen (secondary N) is 1. The van der Waals surface area contributed by atoms with Crippen molar-refractivity contribution in [2.75, 3.05) is 6.54 Å². The molecule has 2 aliphatic carbocycles. The molecule has 3 rings (SSSR count). The molecule has 3 unspecified atom stereocenters. The lowest BCUT2D eigenvalue weighted by molar-refractivity contribution is -0.150. The average Bonchev–Trinajstić information content (AvgIpc) is 3.26. The van der Waals surface area contributed by atoms with Crippen LogP contribution in [0.5, 0.6) is 0 Å². The highest BCUT2D eigenvalue weighted by Gasteiger charge is 2.47. The van der Waals surface area contributed by atoms with Crippen molar-refractivity contribution in [3.05, 3.63) is 0 Å². The summed E-state index contributed by atoms with van der Waals surface area (Å²) in [7, 11) is 0. The standard InChI is InChI=1S/C15H24N2O2/c1-3-12-14(18)16-13(11-6-7-11)15(19)17(12)8-9(2)10-4-5-10/h9-13H,3-8H2,1-2H3,(H,16,18). The second-order valence-corrected chi connectivity index (χ2v) is 6.55. The van der Waals surface area contributed by atoms with E-state index >= 15 is 0 Å². The van der Waals surface area contributed by atoms with Gasteiger partial charge in [0.15, 0.2) is 0 Å². The molecule has 2 saturated carbocycles. The second kappa shape index (κ2) is 4.80. The average molecular weight is 264 g/mol. The van der Waals surface area contributed by atoms with Crippen LogP contribution < -0.4 is 5.32 Å². The molecule has 0 bridgehead atoms. The highest BCUT2D eigenvalue weighted by molar-refractivity contribution is 5.97. The zero-order valence-electron chi connectivity index (χ0n) is 11.9. The van der Waals surface area contributed by atoms with Crippen molar-refractivity contribution in [3.8, 4) is 0 Å². The Balaban J connectivity index is 1.74. The number of carbonyl (C=O) groups excluding carboxylic acids is 2. The molecule has 3 fully saturated rings. The summed E-state index contributed by atoms with van der Waals surface area (Å²) < 4.78 is 0. The maximum absolute atomic E-state index is 12.6. The summed E-state index contributed by atoms with van der Waals surface area (Å²) in [6, 6.07) is -0.481. The van der Waals surface area contributed by atoms with Gasteiger partial charge in [-0.3, -0.25) is 9.59 Å². The highest BCUT2D eigenvalue weighted by atomic mass is 16.2. The minimum Gasteiger partial charge on any atom is -0.342 e. The fraction of sp³-hybridized carbons (Fsp3) is 0.867. The van der Waals surface area contributed by atoms with Gasteiger partial charge in [-0.15, -0.1) is 0 Å². The normalized spacial score (nSPS) is 33.3. The number of rotatable bonds is 5. The monoisotopic (exact) mass is 264 g/mol. The van der Waals surface area contributed by atoms with Crippen LogP contribution in [0.1, 0.15) is 46.0 Å². The summed E-state index contributed by atoms with van der Waals surface area (Å²) in [5.74, 6) is 1.93. The number of piperazine rings is 1. The predicted molar refractivity (Wildman–Crippen MR) is 72.3 cm³/mol. The Morgan fingerprint density at radius 2 is 1.95 bits per heavy atom. The first-order chi connectivity index (χ1) is 9.11. The molecule has 3 aliphatic rings. The third-order valence-electron chi connectivity index (χ3n) is 4.92. The molecule has 0 aromatic heterocycles. The first-order valence-corrected chi connectivity index (χ1v) is 7.72. The maximum atomic E-state index is 12.6. The van der Waals surface area contributed by atoms with Gasteiger partial charge in [0.25, 0.3) is 0 Å². The van der Waals surface area contributed by atoms with E-state index in [1.54, 1.807) is 0 Å². The number of nitrogens with zero attached hydrogens (tertiary/aromatic N) is 1. The lowest BCUT2D eigenvalue weighted by Gasteiger charge is -2.40. The molecule has 4 heteroatoms. The van der Waals surface area contributed by atoms with E-state index in [0.29, 0.717) is 18.3 Å². The lowest BCUT2D eigenvalue weighted by atomic mass is 9.98. The van der Waals surface area contributed by atoms with Crippen LogP contribution in [0.2, 0.25) is 0 Å². The summed E-state index contributed by atoms with van der Waals surface area (Å²) in [5.41, 5.74) is 0. The fourth-order valence-corrected chi connectivity index (χ4v) is 3.28. The Labute approximate surface area is 114 Å². The molecular weight excluding hydrogens is 240 g/mol. The van der Waals surface area contributed by atoms with Crippen LogP contribution in [0.25, 0.3) is 0 Å². The van der Waals surface area contributed by atoms with Crippen molar-refractivity contribution in [2.45, 2.75) is 58.0 Å². The second-order valence-electron chi connectivity index (χ2n) is 6.55. The van der Waals surface area contributed by atoms with E-state index in [1.165, 1.54) is 12.8 Å². The molecular formula is C15H24N2O2. The Morgan fingerprint density at radius 1 is 1.26 bits per heavy atom. The van der Waals surface area contributed by atoms with Crippen molar-refractivity contribution < 1.29 is 9.59 Å². The van der Waals surface area contributed by atoms with Gasteiger partial charge in [-0.2, -0.15) is 0 Å². The summed E-state index contributed by atoms with van der Waals surface area (Å²) in [6.45, 7) is 4.97. The molecule has 1 N–H and O–H groups in total. The molecule has 2 amide bonds. The molecule has 1 saturated heterocycles. The third kappa shape index (κ3) is 2.49. The van der Waals surface area contributed by atoms with Crippen molar-refractivity contribution in [1.82, 2.24) is 10.2 Å². The smallest absolute Gasteiger partial charge is 0.246 e. The van der Waals surface area contributed by atoms with E-state index < -0.39 is 0 Å². The SMILES string of the molecule is CCC1C(=O)NC(C2CC2)C(=O)N1CC(C)C1CC1. The Kier molecular flexibility index (Phi) is 3.27. The minimum absolute atomic E-state index is 0.0574. The van der Waals surface area contributed by atoms with E-state index in [9.17, 15) is 9.59 Å². The van der Waals surface area contributed by atoms with Gasteiger partial charge in [0.2, 0.25) is 11.8 Å². The minimum atomic E-state index is -0.247. The fourth-order valence-electron chi connectivity index (χ4n) is 3.28. The van der Waals surface area contributed by atoms with Crippen LogP contribution in [0.4, 0.5) is 0 Å².